The van der Waals surface area contributed by atoms with E-state index in [1.165, 1.54) is 5.56 Å². The van der Waals surface area contributed by atoms with Crippen LogP contribution in [0.15, 0.2) is 30.5 Å². The number of rotatable bonds is 6. The number of carbonyl (C=O) groups is 1. The van der Waals surface area contributed by atoms with E-state index in [0.29, 0.717) is 12.2 Å². The first kappa shape index (κ1) is 17.6. The lowest BCUT2D eigenvalue weighted by Gasteiger charge is -2.20. The highest BCUT2D eigenvalue weighted by atomic mass is 32.1. The molecule has 0 saturated heterocycles. The van der Waals surface area contributed by atoms with Crippen LogP contribution in [0.2, 0.25) is 0 Å². The third kappa shape index (κ3) is 4.05. The molecule has 0 saturated carbocycles. The van der Waals surface area contributed by atoms with Gasteiger partial charge in [-0.05, 0) is 57.7 Å². The molecule has 0 N–H and O–H groups in total. The summed E-state index contributed by atoms with van der Waals surface area (Å²) in [5.74, 6) is -0.102. The predicted molar refractivity (Wildman–Crippen MR) is 102 cm³/mol. The van der Waals surface area contributed by atoms with E-state index in [1.54, 1.807) is 33.2 Å². The smallest absolute Gasteiger partial charge is 0.280 e. The lowest BCUT2D eigenvalue weighted by Crippen LogP contribution is -2.33. The van der Waals surface area contributed by atoms with Gasteiger partial charge in [0, 0.05) is 19.8 Å². The van der Waals surface area contributed by atoms with Gasteiger partial charge in [-0.15, -0.1) is 0 Å². The van der Waals surface area contributed by atoms with Crippen molar-refractivity contribution in [2.24, 2.45) is 7.05 Å². The zero-order chi connectivity index (χ0) is 18.0. The van der Waals surface area contributed by atoms with E-state index in [4.69, 9.17) is 0 Å². The van der Waals surface area contributed by atoms with E-state index >= 15 is 0 Å². The van der Waals surface area contributed by atoms with Crippen molar-refractivity contribution in [2.75, 3.05) is 32.1 Å². The van der Waals surface area contributed by atoms with E-state index in [1.807, 2.05) is 33.3 Å². The van der Waals surface area contributed by atoms with E-state index in [-0.39, 0.29) is 5.91 Å². The molecule has 7 heteroatoms. The maximum Gasteiger partial charge on any atom is 0.280 e. The number of hydrogen-bond acceptors (Lipinski definition) is 5. The van der Waals surface area contributed by atoms with Gasteiger partial charge in [0.05, 0.1) is 10.2 Å². The van der Waals surface area contributed by atoms with Gasteiger partial charge in [-0.1, -0.05) is 17.4 Å². The molecule has 0 fully saturated rings. The van der Waals surface area contributed by atoms with Crippen molar-refractivity contribution in [3.05, 3.63) is 41.7 Å². The van der Waals surface area contributed by atoms with Gasteiger partial charge in [0.15, 0.2) is 10.8 Å². The number of anilines is 1. The third-order valence-electron chi connectivity index (χ3n) is 3.93. The molecule has 0 radical (unpaired) electrons. The Morgan fingerprint density at radius 1 is 1.24 bits per heavy atom. The van der Waals surface area contributed by atoms with Crippen LogP contribution >= 0.6 is 11.3 Å². The number of carbonyl (C=O) groups excluding carboxylic acids is 1. The fourth-order valence-corrected chi connectivity index (χ4v) is 3.72. The van der Waals surface area contributed by atoms with Gasteiger partial charge in [0.2, 0.25) is 0 Å². The highest BCUT2D eigenvalue weighted by molar-refractivity contribution is 7.22. The van der Waals surface area contributed by atoms with Crippen LogP contribution in [-0.2, 0) is 7.05 Å². The summed E-state index contributed by atoms with van der Waals surface area (Å²) in [6, 6.07) is 7.91. The van der Waals surface area contributed by atoms with Crippen LogP contribution in [0.3, 0.4) is 0 Å². The van der Waals surface area contributed by atoms with E-state index in [0.717, 1.165) is 28.3 Å². The van der Waals surface area contributed by atoms with Gasteiger partial charge >= 0.3 is 0 Å². The van der Waals surface area contributed by atoms with Crippen molar-refractivity contribution >= 4 is 32.6 Å². The van der Waals surface area contributed by atoms with Crippen molar-refractivity contribution in [2.45, 2.75) is 13.3 Å². The number of hydrogen-bond donors (Lipinski definition) is 0. The molecule has 0 atom stereocenters. The number of aryl methyl sites for hydroxylation is 2. The molecule has 0 spiro atoms. The number of fused-ring (bicyclic) bond motifs is 1. The van der Waals surface area contributed by atoms with Crippen LogP contribution < -0.4 is 4.90 Å². The normalized spacial score (nSPS) is 11.4. The number of aromatic nitrogens is 3. The molecule has 132 valence electrons. The Kier molecular flexibility index (Phi) is 5.15. The molecule has 6 nitrogen and oxygen atoms in total. The van der Waals surface area contributed by atoms with Crippen LogP contribution in [0, 0.1) is 6.92 Å². The summed E-state index contributed by atoms with van der Waals surface area (Å²) in [5, 5.41) is 4.99. The van der Waals surface area contributed by atoms with Gasteiger partial charge in [0.1, 0.15) is 0 Å². The molecule has 2 heterocycles. The third-order valence-corrected chi connectivity index (χ3v) is 4.97. The standard InChI is InChI=1S/C18H23N5OS/c1-13-6-7-14-16(12-13)25-18(19-14)23(10-5-9-21(2)3)17(24)15-8-11-22(4)20-15/h6-8,11-12H,5,9-10H2,1-4H3. The van der Waals surface area contributed by atoms with Crippen molar-refractivity contribution in [3.8, 4) is 0 Å². The molecule has 0 bridgehead atoms. The van der Waals surface area contributed by atoms with Gasteiger partial charge in [-0.25, -0.2) is 4.98 Å². The maximum absolute atomic E-state index is 13.0. The van der Waals surface area contributed by atoms with E-state index < -0.39 is 0 Å². The second-order valence-electron chi connectivity index (χ2n) is 6.46. The second kappa shape index (κ2) is 7.33. The minimum Gasteiger partial charge on any atom is -0.309 e. The SMILES string of the molecule is Cc1ccc2nc(N(CCCN(C)C)C(=O)c3ccn(C)n3)sc2c1. The Morgan fingerprint density at radius 2 is 2.04 bits per heavy atom. The molecule has 2 aromatic heterocycles. The highest BCUT2D eigenvalue weighted by Crippen LogP contribution is 2.30. The molecule has 0 aliphatic carbocycles. The Balaban J connectivity index is 1.92. The Hall–Kier alpha value is -2.25. The van der Waals surface area contributed by atoms with Crippen LogP contribution in [0.5, 0.6) is 0 Å². The molecule has 1 amide bonds. The topological polar surface area (TPSA) is 54.3 Å². The number of thiazole rings is 1. The largest absolute Gasteiger partial charge is 0.309 e. The first-order valence-electron chi connectivity index (χ1n) is 8.27. The summed E-state index contributed by atoms with van der Waals surface area (Å²) in [7, 11) is 5.88. The summed E-state index contributed by atoms with van der Waals surface area (Å²) in [4.78, 5) is 21.5. The molecule has 3 rings (SSSR count). The van der Waals surface area contributed by atoms with Crippen molar-refractivity contribution < 1.29 is 4.79 Å². The van der Waals surface area contributed by atoms with Crippen molar-refractivity contribution in [1.29, 1.82) is 0 Å². The molecule has 1 aromatic carbocycles. The van der Waals surface area contributed by atoms with E-state index in [9.17, 15) is 4.79 Å². The average molecular weight is 357 g/mol. The first-order chi connectivity index (χ1) is 11.9. The van der Waals surface area contributed by atoms with E-state index in [2.05, 4.69) is 28.0 Å². The molecular formula is C18H23N5OS. The minimum absolute atomic E-state index is 0.102. The predicted octanol–water partition coefficient (Wildman–Crippen LogP) is 2.94. The van der Waals surface area contributed by atoms with Gasteiger partial charge in [-0.2, -0.15) is 5.10 Å². The number of amides is 1. The molecule has 0 aliphatic heterocycles. The summed E-state index contributed by atoms with van der Waals surface area (Å²) < 4.78 is 2.74. The highest BCUT2D eigenvalue weighted by Gasteiger charge is 2.23. The minimum atomic E-state index is -0.102. The summed E-state index contributed by atoms with van der Waals surface area (Å²) in [6.45, 7) is 3.59. The lowest BCUT2D eigenvalue weighted by atomic mass is 10.2. The Labute approximate surface area is 151 Å². The van der Waals surface area contributed by atoms with Crippen LogP contribution in [0.4, 0.5) is 5.13 Å². The average Bonchev–Trinajstić information content (AvgIpc) is 3.16. The Morgan fingerprint density at radius 3 is 2.72 bits per heavy atom. The molecule has 0 unspecified atom stereocenters. The second-order valence-corrected chi connectivity index (χ2v) is 7.46. The Bertz CT molecular complexity index is 883. The van der Waals surface area contributed by atoms with Gasteiger partial charge in [-0.3, -0.25) is 14.4 Å². The first-order valence-corrected chi connectivity index (χ1v) is 9.09. The van der Waals surface area contributed by atoms with Crippen LogP contribution in [0.25, 0.3) is 10.2 Å². The zero-order valence-corrected chi connectivity index (χ0v) is 15.9. The molecular weight excluding hydrogens is 334 g/mol. The van der Waals surface area contributed by atoms with Crippen LogP contribution in [0.1, 0.15) is 22.5 Å². The lowest BCUT2D eigenvalue weighted by molar-refractivity contribution is 0.0980. The quantitative estimate of drug-likeness (QED) is 0.681. The number of nitrogens with zero attached hydrogens (tertiary/aromatic N) is 5. The maximum atomic E-state index is 13.0. The summed E-state index contributed by atoms with van der Waals surface area (Å²) >= 11 is 1.55. The molecule has 3 aromatic rings. The fourth-order valence-electron chi connectivity index (χ4n) is 2.63. The monoisotopic (exact) mass is 357 g/mol. The number of benzene rings is 1. The summed E-state index contributed by atoms with van der Waals surface area (Å²) in [5.41, 5.74) is 2.57. The van der Waals surface area contributed by atoms with Gasteiger partial charge < -0.3 is 4.90 Å². The fraction of sp³-hybridized carbons (Fsp3) is 0.389. The molecule has 25 heavy (non-hydrogen) atoms. The summed E-state index contributed by atoms with van der Waals surface area (Å²) in [6.07, 6.45) is 2.66. The van der Waals surface area contributed by atoms with Gasteiger partial charge in [0.25, 0.3) is 5.91 Å². The zero-order valence-electron chi connectivity index (χ0n) is 15.1. The van der Waals surface area contributed by atoms with Crippen LogP contribution in [-0.4, -0.2) is 52.8 Å². The molecule has 0 aliphatic rings. The van der Waals surface area contributed by atoms with Crippen molar-refractivity contribution in [3.63, 3.8) is 0 Å². The van der Waals surface area contributed by atoms with Crippen molar-refractivity contribution in [1.82, 2.24) is 19.7 Å².